The summed E-state index contributed by atoms with van der Waals surface area (Å²) < 4.78 is 1.90. The van der Waals surface area contributed by atoms with E-state index >= 15 is 0 Å². The SMILES string of the molecule is Cc1cc(C)c(C(=O)CSc2nccn2-c2cccc(C(=O)NCc3ccccc3)c2)cc1C. The van der Waals surface area contributed by atoms with Crippen molar-refractivity contribution < 1.29 is 9.59 Å². The Kier molecular flexibility index (Phi) is 7.28. The number of nitrogens with zero attached hydrogens (tertiary/aromatic N) is 2. The van der Waals surface area contributed by atoms with Crippen molar-refractivity contribution in [2.75, 3.05) is 5.75 Å². The summed E-state index contributed by atoms with van der Waals surface area (Å²) in [6.45, 7) is 6.52. The molecule has 0 spiro atoms. The van der Waals surface area contributed by atoms with Crippen LogP contribution in [0.15, 0.2) is 84.3 Å². The minimum Gasteiger partial charge on any atom is -0.348 e. The lowest BCUT2D eigenvalue weighted by molar-refractivity contribution is 0.0950. The Balaban J connectivity index is 1.45. The number of amides is 1. The third-order valence-corrected chi connectivity index (χ3v) is 6.73. The minimum atomic E-state index is -0.139. The van der Waals surface area contributed by atoms with Crippen molar-refractivity contribution in [3.63, 3.8) is 0 Å². The molecular formula is C28H27N3O2S. The van der Waals surface area contributed by atoms with E-state index in [4.69, 9.17) is 0 Å². The van der Waals surface area contributed by atoms with Gasteiger partial charge in [0.15, 0.2) is 10.9 Å². The van der Waals surface area contributed by atoms with Gasteiger partial charge in [0.2, 0.25) is 0 Å². The van der Waals surface area contributed by atoms with Gasteiger partial charge < -0.3 is 5.32 Å². The number of benzene rings is 3. The van der Waals surface area contributed by atoms with Crippen LogP contribution >= 0.6 is 11.8 Å². The largest absolute Gasteiger partial charge is 0.348 e. The molecule has 0 saturated carbocycles. The molecule has 0 atom stereocenters. The van der Waals surface area contributed by atoms with Gasteiger partial charge in [0.25, 0.3) is 5.91 Å². The maximum absolute atomic E-state index is 12.9. The number of aromatic nitrogens is 2. The lowest BCUT2D eigenvalue weighted by Crippen LogP contribution is -2.22. The Bertz CT molecular complexity index is 1330. The number of thioether (sulfide) groups is 1. The second-order valence-electron chi connectivity index (χ2n) is 8.26. The number of hydrogen-bond donors (Lipinski definition) is 1. The van der Waals surface area contributed by atoms with Crippen molar-refractivity contribution in [2.24, 2.45) is 0 Å². The van der Waals surface area contributed by atoms with E-state index in [1.807, 2.05) is 79.2 Å². The molecule has 4 rings (SSSR count). The van der Waals surface area contributed by atoms with Crippen molar-refractivity contribution in [2.45, 2.75) is 32.5 Å². The van der Waals surface area contributed by atoms with Gasteiger partial charge in [-0.15, -0.1) is 0 Å². The summed E-state index contributed by atoms with van der Waals surface area (Å²) in [6.07, 6.45) is 3.55. The highest BCUT2D eigenvalue weighted by Crippen LogP contribution is 2.24. The number of nitrogens with one attached hydrogen (secondary N) is 1. The second kappa shape index (κ2) is 10.5. The van der Waals surface area contributed by atoms with Crippen LogP contribution in [-0.4, -0.2) is 27.0 Å². The Morgan fingerprint density at radius 1 is 0.912 bits per heavy atom. The summed E-state index contributed by atoms with van der Waals surface area (Å²) in [5.41, 5.74) is 6.48. The van der Waals surface area contributed by atoms with Gasteiger partial charge in [0, 0.05) is 35.8 Å². The average Bonchev–Trinajstić information content (AvgIpc) is 3.33. The molecule has 0 saturated heterocycles. The molecule has 3 aromatic carbocycles. The first kappa shape index (κ1) is 23.5. The van der Waals surface area contributed by atoms with Gasteiger partial charge in [-0.25, -0.2) is 4.98 Å². The van der Waals surface area contributed by atoms with E-state index in [-0.39, 0.29) is 17.4 Å². The van der Waals surface area contributed by atoms with Crippen molar-refractivity contribution in [3.8, 4) is 5.69 Å². The quantitative estimate of drug-likeness (QED) is 0.265. The van der Waals surface area contributed by atoms with Crippen LogP contribution in [0.1, 0.15) is 43.0 Å². The van der Waals surface area contributed by atoms with Gasteiger partial charge in [0.1, 0.15) is 0 Å². The topological polar surface area (TPSA) is 64.0 Å². The first-order chi connectivity index (χ1) is 16.4. The van der Waals surface area contributed by atoms with E-state index in [2.05, 4.69) is 23.3 Å². The highest BCUT2D eigenvalue weighted by atomic mass is 32.2. The van der Waals surface area contributed by atoms with Crippen LogP contribution in [0.2, 0.25) is 0 Å². The van der Waals surface area contributed by atoms with E-state index in [1.165, 1.54) is 17.3 Å². The fourth-order valence-corrected chi connectivity index (χ4v) is 4.60. The molecule has 0 radical (unpaired) electrons. The number of carbonyl (C=O) groups is 2. The van der Waals surface area contributed by atoms with Crippen LogP contribution in [0.3, 0.4) is 0 Å². The molecule has 4 aromatic rings. The van der Waals surface area contributed by atoms with Crippen molar-refractivity contribution in [3.05, 3.63) is 113 Å². The third-order valence-electron chi connectivity index (χ3n) is 5.76. The molecule has 1 aromatic heterocycles. The highest BCUT2D eigenvalue weighted by molar-refractivity contribution is 7.99. The number of Topliss-reactive ketones (excluding diaryl/α,β-unsaturated/α-hetero) is 1. The summed E-state index contributed by atoms with van der Waals surface area (Å²) in [7, 11) is 0. The number of ketones is 1. The van der Waals surface area contributed by atoms with Gasteiger partial charge >= 0.3 is 0 Å². The zero-order valence-corrected chi connectivity index (χ0v) is 20.4. The van der Waals surface area contributed by atoms with Crippen LogP contribution in [-0.2, 0) is 6.54 Å². The smallest absolute Gasteiger partial charge is 0.251 e. The van der Waals surface area contributed by atoms with Gasteiger partial charge in [-0.1, -0.05) is 54.2 Å². The number of carbonyl (C=O) groups excluding carboxylic acids is 2. The molecule has 0 aliphatic carbocycles. The van der Waals surface area contributed by atoms with Gasteiger partial charge in [-0.2, -0.15) is 0 Å². The molecule has 1 N–H and O–H groups in total. The Hall–Kier alpha value is -3.64. The van der Waals surface area contributed by atoms with Crippen LogP contribution in [0.5, 0.6) is 0 Å². The van der Waals surface area contributed by atoms with Gasteiger partial charge in [0.05, 0.1) is 5.75 Å². The van der Waals surface area contributed by atoms with Crippen molar-refractivity contribution in [1.29, 1.82) is 0 Å². The summed E-state index contributed by atoms with van der Waals surface area (Å²) in [5.74, 6) is 0.229. The summed E-state index contributed by atoms with van der Waals surface area (Å²) in [4.78, 5) is 30.0. The number of rotatable bonds is 8. The predicted octanol–water partition coefficient (Wildman–Crippen LogP) is 5.70. The molecule has 0 unspecified atom stereocenters. The zero-order chi connectivity index (χ0) is 24.1. The highest BCUT2D eigenvalue weighted by Gasteiger charge is 2.15. The van der Waals surface area contributed by atoms with E-state index < -0.39 is 0 Å². The first-order valence-corrected chi connectivity index (χ1v) is 12.1. The molecule has 1 heterocycles. The summed E-state index contributed by atoms with van der Waals surface area (Å²) in [5, 5.41) is 3.67. The normalized spacial score (nSPS) is 10.8. The van der Waals surface area contributed by atoms with Crippen molar-refractivity contribution in [1.82, 2.24) is 14.9 Å². The third kappa shape index (κ3) is 5.46. The molecule has 0 bridgehead atoms. The second-order valence-corrected chi connectivity index (χ2v) is 9.20. The first-order valence-electron chi connectivity index (χ1n) is 11.1. The fourth-order valence-electron chi connectivity index (χ4n) is 3.74. The van der Waals surface area contributed by atoms with E-state index in [0.29, 0.717) is 17.3 Å². The number of hydrogen-bond acceptors (Lipinski definition) is 4. The van der Waals surface area contributed by atoms with Crippen LogP contribution in [0.25, 0.3) is 5.69 Å². The Morgan fingerprint density at radius 2 is 1.68 bits per heavy atom. The standard InChI is InChI=1S/C28H27N3O2S/c1-19-14-21(3)25(15-20(19)2)26(32)18-34-28-29-12-13-31(28)24-11-7-10-23(16-24)27(33)30-17-22-8-5-4-6-9-22/h4-16H,17-18H2,1-3H3,(H,30,33). The number of aryl methyl sites for hydroxylation is 3. The maximum Gasteiger partial charge on any atom is 0.251 e. The maximum atomic E-state index is 12.9. The summed E-state index contributed by atoms with van der Waals surface area (Å²) >= 11 is 1.39. The number of imidazole rings is 1. The molecule has 0 aliphatic rings. The average molecular weight is 470 g/mol. The molecule has 34 heavy (non-hydrogen) atoms. The lowest BCUT2D eigenvalue weighted by atomic mass is 9.99. The van der Waals surface area contributed by atoms with E-state index in [0.717, 1.165) is 27.9 Å². The Morgan fingerprint density at radius 3 is 2.47 bits per heavy atom. The molecule has 0 fully saturated rings. The zero-order valence-electron chi connectivity index (χ0n) is 19.5. The Labute approximate surface area is 204 Å². The van der Waals surface area contributed by atoms with Crippen LogP contribution < -0.4 is 5.32 Å². The molecule has 1 amide bonds. The molecule has 172 valence electrons. The molecule has 6 heteroatoms. The molecule has 0 aliphatic heterocycles. The summed E-state index contributed by atoms with van der Waals surface area (Å²) in [6, 6.07) is 21.2. The fraction of sp³-hybridized carbons (Fsp3) is 0.179. The monoisotopic (exact) mass is 469 g/mol. The van der Waals surface area contributed by atoms with E-state index in [1.54, 1.807) is 12.3 Å². The molecular weight excluding hydrogens is 442 g/mol. The molecule has 5 nitrogen and oxygen atoms in total. The lowest BCUT2D eigenvalue weighted by Gasteiger charge is -2.11. The predicted molar refractivity (Wildman–Crippen MR) is 137 cm³/mol. The van der Waals surface area contributed by atoms with Crippen LogP contribution in [0.4, 0.5) is 0 Å². The van der Waals surface area contributed by atoms with Gasteiger partial charge in [-0.05, 0) is 67.3 Å². The van der Waals surface area contributed by atoms with Crippen molar-refractivity contribution >= 4 is 23.5 Å². The van der Waals surface area contributed by atoms with Gasteiger partial charge in [-0.3, -0.25) is 14.2 Å². The minimum absolute atomic E-state index is 0.0780. The van der Waals surface area contributed by atoms with Crippen LogP contribution in [0, 0.1) is 20.8 Å². The van der Waals surface area contributed by atoms with E-state index in [9.17, 15) is 9.59 Å².